The molecule has 0 saturated carbocycles. The third-order valence-electron chi connectivity index (χ3n) is 7.51. The number of fused-ring (bicyclic) bond motifs is 3. The zero-order chi connectivity index (χ0) is 35.4. The van der Waals surface area contributed by atoms with Gasteiger partial charge in [-0.05, 0) is 51.2 Å². The van der Waals surface area contributed by atoms with Crippen LogP contribution < -0.4 is 4.74 Å². The Morgan fingerprint density at radius 2 is 0.792 bits per heavy atom. The van der Waals surface area contributed by atoms with Crippen molar-refractivity contribution >= 4 is 16.8 Å². The molecule has 1 nitrogen and oxygen atoms in total. The Kier molecular flexibility index (Phi) is 17.3. The molecule has 0 radical (unpaired) electrons. The van der Waals surface area contributed by atoms with Crippen LogP contribution in [0.15, 0.2) is 152 Å². The van der Waals surface area contributed by atoms with Crippen molar-refractivity contribution in [1.82, 2.24) is 0 Å². The molecule has 1 heteroatoms. The molecular formula is C47H56O. The van der Waals surface area contributed by atoms with Gasteiger partial charge in [0.15, 0.2) is 5.60 Å². The van der Waals surface area contributed by atoms with Gasteiger partial charge in [-0.1, -0.05) is 209 Å². The highest BCUT2D eigenvalue weighted by Crippen LogP contribution is 2.46. The predicted octanol–water partition coefficient (Wildman–Crippen LogP) is 14.7. The molecule has 48 heavy (non-hydrogen) atoms. The average molecular weight is 637 g/mol. The molecule has 0 aliphatic carbocycles. The van der Waals surface area contributed by atoms with Gasteiger partial charge in [0, 0.05) is 16.7 Å². The highest BCUT2D eigenvalue weighted by Gasteiger charge is 2.37. The van der Waals surface area contributed by atoms with Gasteiger partial charge in [0.25, 0.3) is 0 Å². The first-order chi connectivity index (χ1) is 23.8. The van der Waals surface area contributed by atoms with Crippen LogP contribution in [0.25, 0.3) is 39.1 Å². The molecule has 6 aromatic rings. The fourth-order valence-electron chi connectivity index (χ4n) is 5.60. The summed E-state index contributed by atoms with van der Waals surface area (Å²) in [7, 11) is 0. The van der Waals surface area contributed by atoms with Gasteiger partial charge < -0.3 is 4.74 Å². The normalized spacial score (nSPS) is 11.4. The molecule has 0 bridgehead atoms. The highest BCUT2D eigenvalue weighted by molar-refractivity contribution is 6.03. The summed E-state index contributed by atoms with van der Waals surface area (Å²) in [4.78, 5) is 0. The van der Waals surface area contributed by atoms with E-state index in [0.29, 0.717) is 0 Å². The van der Waals surface area contributed by atoms with Crippen molar-refractivity contribution in [3.63, 3.8) is 0 Å². The zero-order valence-electron chi connectivity index (χ0n) is 30.9. The van der Waals surface area contributed by atoms with Crippen LogP contribution in [0.3, 0.4) is 0 Å². The predicted molar refractivity (Wildman–Crippen MR) is 215 cm³/mol. The number of benzene rings is 6. The standard InChI is InChI=1S/C37H26O.5C2H6/c1-4-12-27(13-5-1)28-20-22-29(23-21-28)35-26-36-34(32-18-10-11-19-33(32)35)24-25-37(38-36,30-14-6-2-7-15-30)31-16-8-3-9-17-31;5*1-2/h1-26H;5*1-2H3. The molecule has 250 valence electrons. The lowest BCUT2D eigenvalue weighted by atomic mass is 9.82. The number of hydrogen-bond donors (Lipinski definition) is 0. The second-order valence-electron chi connectivity index (χ2n) is 9.73. The maximum atomic E-state index is 7.07. The van der Waals surface area contributed by atoms with Gasteiger partial charge in [-0.3, -0.25) is 0 Å². The highest BCUT2D eigenvalue weighted by atomic mass is 16.5. The van der Waals surface area contributed by atoms with Crippen molar-refractivity contribution in [2.24, 2.45) is 0 Å². The lowest BCUT2D eigenvalue weighted by molar-refractivity contribution is 0.161. The van der Waals surface area contributed by atoms with Gasteiger partial charge in [0.2, 0.25) is 0 Å². The van der Waals surface area contributed by atoms with Gasteiger partial charge in [-0.15, -0.1) is 0 Å². The molecule has 1 aliphatic rings. The minimum absolute atomic E-state index is 0.702. The molecule has 0 atom stereocenters. The Bertz CT molecular complexity index is 1710. The van der Waals surface area contributed by atoms with E-state index in [1.807, 2.05) is 81.4 Å². The molecule has 0 amide bonds. The molecule has 0 aromatic heterocycles. The Labute approximate surface area is 292 Å². The van der Waals surface area contributed by atoms with Crippen molar-refractivity contribution in [3.8, 4) is 28.0 Å². The van der Waals surface area contributed by atoms with Crippen LogP contribution in [-0.2, 0) is 5.60 Å². The maximum absolute atomic E-state index is 7.07. The van der Waals surface area contributed by atoms with Crippen LogP contribution in [0, 0.1) is 0 Å². The smallest absolute Gasteiger partial charge is 0.178 e. The van der Waals surface area contributed by atoms with E-state index < -0.39 is 5.60 Å². The van der Waals surface area contributed by atoms with Crippen molar-refractivity contribution in [3.05, 3.63) is 168 Å². The van der Waals surface area contributed by atoms with E-state index in [1.165, 1.54) is 33.0 Å². The van der Waals surface area contributed by atoms with Crippen molar-refractivity contribution in [2.45, 2.75) is 74.8 Å². The maximum Gasteiger partial charge on any atom is 0.178 e. The molecule has 0 spiro atoms. The monoisotopic (exact) mass is 636 g/mol. The van der Waals surface area contributed by atoms with Crippen LogP contribution >= 0.6 is 0 Å². The summed E-state index contributed by atoms with van der Waals surface area (Å²) in [5.74, 6) is 0.890. The van der Waals surface area contributed by atoms with Crippen molar-refractivity contribution in [2.75, 3.05) is 0 Å². The van der Waals surface area contributed by atoms with Gasteiger partial charge in [0.1, 0.15) is 5.75 Å². The number of ether oxygens (including phenoxy) is 1. The van der Waals surface area contributed by atoms with Crippen LogP contribution in [0.1, 0.15) is 85.9 Å². The van der Waals surface area contributed by atoms with Gasteiger partial charge in [0.05, 0.1) is 0 Å². The first-order valence-corrected chi connectivity index (χ1v) is 18.0. The van der Waals surface area contributed by atoms with E-state index in [0.717, 1.165) is 22.4 Å². The first kappa shape index (κ1) is 39.3. The van der Waals surface area contributed by atoms with E-state index in [2.05, 4.69) is 146 Å². The summed E-state index contributed by atoms with van der Waals surface area (Å²) < 4.78 is 7.07. The van der Waals surface area contributed by atoms with Crippen molar-refractivity contribution < 1.29 is 4.74 Å². The number of rotatable bonds is 4. The molecule has 0 fully saturated rings. The van der Waals surface area contributed by atoms with Crippen LogP contribution in [0.4, 0.5) is 0 Å². The first-order valence-electron chi connectivity index (χ1n) is 18.0. The van der Waals surface area contributed by atoms with Gasteiger partial charge >= 0.3 is 0 Å². The van der Waals surface area contributed by atoms with Crippen LogP contribution in [0.2, 0.25) is 0 Å². The lowest BCUT2D eigenvalue weighted by Gasteiger charge is -2.36. The lowest BCUT2D eigenvalue weighted by Crippen LogP contribution is -2.34. The fraction of sp³-hybridized carbons (Fsp3) is 0.234. The van der Waals surface area contributed by atoms with E-state index in [-0.39, 0.29) is 0 Å². The fourth-order valence-corrected chi connectivity index (χ4v) is 5.60. The second kappa shape index (κ2) is 21.1. The summed E-state index contributed by atoms with van der Waals surface area (Å²) in [5.41, 5.74) is 7.40. The minimum atomic E-state index is -0.702. The van der Waals surface area contributed by atoms with E-state index in [1.54, 1.807) is 0 Å². The van der Waals surface area contributed by atoms with Crippen LogP contribution in [-0.4, -0.2) is 0 Å². The Morgan fingerprint density at radius 1 is 0.396 bits per heavy atom. The molecular weight excluding hydrogens is 581 g/mol. The summed E-state index contributed by atoms with van der Waals surface area (Å²) in [6, 6.07) is 51.2. The minimum Gasteiger partial charge on any atom is -0.473 e. The summed E-state index contributed by atoms with van der Waals surface area (Å²) in [6.07, 6.45) is 4.45. The average Bonchev–Trinajstić information content (AvgIpc) is 3.22. The molecule has 1 heterocycles. The summed E-state index contributed by atoms with van der Waals surface area (Å²) in [5, 5.41) is 2.41. The zero-order valence-corrected chi connectivity index (χ0v) is 30.9. The molecule has 1 aliphatic heterocycles. The summed E-state index contributed by atoms with van der Waals surface area (Å²) in [6.45, 7) is 20.0. The third kappa shape index (κ3) is 8.72. The Hall–Kier alpha value is -4.88. The van der Waals surface area contributed by atoms with E-state index >= 15 is 0 Å². The quantitative estimate of drug-likeness (QED) is 0.187. The molecule has 0 unspecified atom stereocenters. The van der Waals surface area contributed by atoms with Crippen LogP contribution in [0.5, 0.6) is 5.75 Å². The third-order valence-corrected chi connectivity index (χ3v) is 7.51. The Balaban J connectivity index is 0.000000736. The van der Waals surface area contributed by atoms with Gasteiger partial charge in [-0.2, -0.15) is 0 Å². The molecule has 0 saturated heterocycles. The molecule has 7 rings (SSSR count). The number of hydrogen-bond acceptors (Lipinski definition) is 1. The van der Waals surface area contributed by atoms with Crippen molar-refractivity contribution in [1.29, 1.82) is 0 Å². The molecule has 0 N–H and O–H groups in total. The summed E-state index contributed by atoms with van der Waals surface area (Å²) >= 11 is 0. The SMILES string of the molecule is C1=CC(c2ccccc2)(c2ccccc2)Oc2cc(-c3ccc(-c4ccccc4)cc3)c3ccccc3c21.CC.CC.CC.CC.CC. The molecule has 6 aromatic carbocycles. The second-order valence-corrected chi connectivity index (χ2v) is 9.73. The van der Waals surface area contributed by atoms with Gasteiger partial charge in [-0.25, -0.2) is 0 Å². The Morgan fingerprint density at radius 3 is 1.29 bits per heavy atom. The topological polar surface area (TPSA) is 9.23 Å². The largest absolute Gasteiger partial charge is 0.473 e. The van der Waals surface area contributed by atoms with E-state index in [4.69, 9.17) is 4.74 Å². The van der Waals surface area contributed by atoms with E-state index in [9.17, 15) is 0 Å².